The van der Waals surface area contributed by atoms with E-state index in [-0.39, 0.29) is 24.5 Å². The van der Waals surface area contributed by atoms with Crippen LogP contribution in [0, 0.1) is 17.8 Å². The Morgan fingerprint density at radius 2 is 1.69 bits per heavy atom. The van der Waals surface area contributed by atoms with Gasteiger partial charge in [-0.1, -0.05) is 6.07 Å². The van der Waals surface area contributed by atoms with Crippen LogP contribution in [0.5, 0.6) is 5.75 Å². The fourth-order valence-electron chi connectivity index (χ4n) is 7.46. The number of carbonyl (C=O) groups is 2. The van der Waals surface area contributed by atoms with Crippen LogP contribution in [0.4, 0.5) is 11.5 Å². The number of aromatic nitrogens is 1. The lowest BCUT2D eigenvalue weighted by Crippen LogP contribution is -2.61. The molecule has 2 atom stereocenters. The SMILES string of the molecule is CCOC(=O)COc1ccc(N2CCN(c3cccc(C(=O)N[C@H]4C5CC6CC4C[C@](O)(C6)C5)n3)CC2)cc1. The summed E-state index contributed by atoms with van der Waals surface area (Å²) in [7, 11) is 0. The van der Waals surface area contributed by atoms with Gasteiger partial charge >= 0.3 is 5.97 Å². The molecular formula is C30H38N4O5. The largest absolute Gasteiger partial charge is 0.482 e. The van der Waals surface area contributed by atoms with Crippen molar-refractivity contribution in [1.82, 2.24) is 10.3 Å². The molecule has 2 N–H and O–H groups in total. The maximum Gasteiger partial charge on any atom is 0.344 e. The average Bonchev–Trinajstić information content (AvgIpc) is 2.93. The lowest BCUT2D eigenvalue weighted by molar-refractivity contribution is -0.145. The number of anilines is 2. The van der Waals surface area contributed by atoms with E-state index in [2.05, 4.69) is 15.1 Å². The molecule has 2 unspecified atom stereocenters. The third-order valence-electron chi connectivity index (χ3n) is 8.97. The van der Waals surface area contributed by atoms with E-state index in [4.69, 9.17) is 14.5 Å². The minimum absolute atomic E-state index is 0.0956. The summed E-state index contributed by atoms with van der Waals surface area (Å²) in [4.78, 5) is 34.0. The lowest BCUT2D eigenvalue weighted by Gasteiger charge is -2.58. The Balaban J connectivity index is 1.02. The molecule has 4 saturated carbocycles. The topological polar surface area (TPSA) is 104 Å². The predicted molar refractivity (Wildman–Crippen MR) is 147 cm³/mol. The smallest absolute Gasteiger partial charge is 0.344 e. The molecule has 1 saturated heterocycles. The molecule has 2 heterocycles. The Hall–Kier alpha value is -3.33. The van der Waals surface area contributed by atoms with Gasteiger partial charge in [-0.25, -0.2) is 9.78 Å². The highest BCUT2D eigenvalue weighted by Gasteiger charge is 2.55. The first-order valence-corrected chi connectivity index (χ1v) is 14.3. The summed E-state index contributed by atoms with van der Waals surface area (Å²) in [6.07, 6.45) is 4.79. The van der Waals surface area contributed by atoms with Gasteiger partial charge in [0.15, 0.2) is 6.61 Å². The van der Waals surface area contributed by atoms with Crippen molar-refractivity contribution in [2.45, 2.75) is 50.7 Å². The Kier molecular flexibility index (Phi) is 7.10. The van der Waals surface area contributed by atoms with Crippen molar-refractivity contribution in [3.63, 3.8) is 0 Å². The van der Waals surface area contributed by atoms with E-state index in [1.165, 1.54) is 0 Å². The minimum atomic E-state index is -0.502. The van der Waals surface area contributed by atoms with Crippen molar-refractivity contribution in [2.24, 2.45) is 17.8 Å². The number of nitrogens with one attached hydrogen (secondary N) is 1. The summed E-state index contributed by atoms with van der Waals surface area (Å²) in [6.45, 7) is 5.27. The van der Waals surface area contributed by atoms with Crippen LogP contribution in [0.2, 0.25) is 0 Å². The zero-order valence-corrected chi connectivity index (χ0v) is 22.6. The van der Waals surface area contributed by atoms with Gasteiger partial charge in [0.05, 0.1) is 12.2 Å². The second-order valence-corrected chi connectivity index (χ2v) is 11.6. The normalized spacial score (nSPS) is 29.3. The van der Waals surface area contributed by atoms with Crippen LogP contribution in [-0.4, -0.2) is 73.0 Å². The van der Waals surface area contributed by atoms with Gasteiger partial charge in [-0.3, -0.25) is 4.79 Å². The van der Waals surface area contributed by atoms with Crippen LogP contribution in [0.3, 0.4) is 0 Å². The summed E-state index contributed by atoms with van der Waals surface area (Å²) in [5.74, 6) is 2.34. The molecule has 39 heavy (non-hydrogen) atoms. The van der Waals surface area contributed by atoms with Crippen molar-refractivity contribution in [3.05, 3.63) is 48.2 Å². The van der Waals surface area contributed by atoms with Crippen LogP contribution in [0.15, 0.2) is 42.5 Å². The Morgan fingerprint density at radius 3 is 2.36 bits per heavy atom. The molecule has 4 bridgehead atoms. The molecule has 1 amide bonds. The quantitative estimate of drug-likeness (QED) is 0.498. The molecular weight excluding hydrogens is 496 g/mol. The maximum absolute atomic E-state index is 13.2. The number of piperazine rings is 1. The molecule has 1 aromatic heterocycles. The summed E-state index contributed by atoms with van der Waals surface area (Å²) < 4.78 is 10.4. The van der Waals surface area contributed by atoms with Gasteiger partial charge in [0, 0.05) is 37.9 Å². The number of ether oxygens (including phenoxy) is 2. The molecule has 2 aromatic rings. The number of nitrogens with zero attached hydrogens (tertiary/aromatic N) is 3. The van der Waals surface area contributed by atoms with Crippen LogP contribution >= 0.6 is 0 Å². The molecule has 208 valence electrons. The second kappa shape index (κ2) is 10.7. The monoisotopic (exact) mass is 534 g/mol. The number of carbonyl (C=O) groups excluding carboxylic acids is 2. The first kappa shape index (κ1) is 25.9. The molecule has 1 aliphatic heterocycles. The molecule has 5 aliphatic rings. The number of pyridine rings is 1. The average molecular weight is 535 g/mol. The van der Waals surface area contributed by atoms with Crippen LogP contribution < -0.4 is 19.9 Å². The summed E-state index contributed by atoms with van der Waals surface area (Å²) in [5.41, 5.74) is 1.05. The van der Waals surface area contributed by atoms with Gasteiger partial charge in [-0.2, -0.15) is 0 Å². The molecule has 7 rings (SSSR count). The van der Waals surface area contributed by atoms with Crippen molar-refractivity contribution < 1.29 is 24.2 Å². The number of rotatable bonds is 8. The predicted octanol–water partition coefficient (Wildman–Crippen LogP) is 3.02. The number of hydrogen-bond donors (Lipinski definition) is 2. The van der Waals surface area contributed by atoms with E-state index in [1.807, 2.05) is 36.4 Å². The van der Waals surface area contributed by atoms with E-state index in [0.717, 1.165) is 69.8 Å². The highest BCUT2D eigenvalue weighted by molar-refractivity contribution is 5.93. The van der Waals surface area contributed by atoms with Crippen molar-refractivity contribution in [1.29, 1.82) is 0 Å². The minimum Gasteiger partial charge on any atom is -0.482 e. The van der Waals surface area contributed by atoms with E-state index < -0.39 is 5.60 Å². The molecule has 1 aromatic carbocycles. The lowest BCUT2D eigenvalue weighted by atomic mass is 9.52. The summed E-state index contributed by atoms with van der Waals surface area (Å²) in [6, 6.07) is 13.6. The standard InChI is InChI=1S/C30H38N4O5/c1-2-38-27(35)19-39-24-8-6-23(7-9-24)33-10-12-34(13-11-33)26-5-3-4-25(31-26)29(36)32-28-21-14-20-15-22(28)18-30(37,16-20)17-21/h3-9,20-22,28,37H,2,10-19H2,1H3,(H,32,36)/t20?,21?,22?,28-,30-. The first-order chi connectivity index (χ1) is 18.9. The van der Waals surface area contributed by atoms with Gasteiger partial charge in [0.25, 0.3) is 5.91 Å². The third kappa shape index (κ3) is 5.55. The molecule has 5 fully saturated rings. The highest BCUT2D eigenvalue weighted by Crippen LogP contribution is 2.55. The molecule has 0 spiro atoms. The van der Waals surface area contributed by atoms with Crippen molar-refractivity contribution in [2.75, 3.05) is 49.2 Å². The molecule has 9 heteroatoms. The number of amides is 1. The Morgan fingerprint density at radius 1 is 1.00 bits per heavy atom. The third-order valence-corrected chi connectivity index (χ3v) is 8.97. The molecule has 0 radical (unpaired) electrons. The number of benzene rings is 1. The van der Waals surface area contributed by atoms with E-state index >= 15 is 0 Å². The van der Waals surface area contributed by atoms with Gasteiger partial charge in [0.1, 0.15) is 17.3 Å². The molecule has 4 aliphatic carbocycles. The number of aliphatic hydroxyl groups is 1. The van der Waals surface area contributed by atoms with E-state index in [0.29, 0.717) is 35.8 Å². The van der Waals surface area contributed by atoms with Gasteiger partial charge in [0.2, 0.25) is 0 Å². The fraction of sp³-hybridized carbons (Fsp3) is 0.567. The van der Waals surface area contributed by atoms with Gasteiger partial charge in [-0.05, 0) is 93.2 Å². The second-order valence-electron chi connectivity index (χ2n) is 11.6. The van der Waals surface area contributed by atoms with Crippen molar-refractivity contribution in [3.8, 4) is 5.75 Å². The number of hydrogen-bond acceptors (Lipinski definition) is 8. The Bertz CT molecular complexity index is 1180. The first-order valence-electron chi connectivity index (χ1n) is 14.3. The zero-order valence-electron chi connectivity index (χ0n) is 22.6. The maximum atomic E-state index is 13.2. The van der Waals surface area contributed by atoms with Gasteiger partial charge in [-0.15, -0.1) is 0 Å². The van der Waals surface area contributed by atoms with Crippen LogP contribution in [0.1, 0.15) is 49.5 Å². The summed E-state index contributed by atoms with van der Waals surface area (Å²) >= 11 is 0. The number of esters is 1. The summed E-state index contributed by atoms with van der Waals surface area (Å²) in [5, 5.41) is 14.2. The molecule has 9 nitrogen and oxygen atoms in total. The van der Waals surface area contributed by atoms with Gasteiger partial charge < -0.3 is 29.7 Å². The van der Waals surface area contributed by atoms with E-state index in [1.54, 1.807) is 13.0 Å². The van der Waals surface area contributed by atoms with Crippen LogP contribution in [-0.2, 0) is 9.53 Å². The van der Waals surface area contributed by atoms with E-state index in [9.17, 15) is 14.7 Å². The Labute approximate surface area is 229 Å². The van der Waals surface area contributed by atoms with Crippen molar-refractivity contribution >= 4 is 23.4 Å². The zero-order chi connectivity index (χ0) is 27.0. The van der Waals surface area contributed by atoms with Crippen LogP contribution in [0.25, 0.3) is 0 Å². The highest BCUT2D eigenvalue weighted by atomic mass is 16.6. The fourth-order valence-corrected chi connectivity index (χ4v) is 7.46.